The molecule has 1 saturated heterocycles. The van der Waals surface area contributed by atoms with Gasteiger partial charge in [-0.15, -0.1) is 0 Å². The van der Waals surface area contributed by atoms with Crippen LogP contribution in [-0.4, -0.2) is 52.6 Å². The van der Waals surface area contributed by atoms with Crippen molar-refractivity contribution in [2.45, 2.75) is 77.5 Å². The van der Waals surface area contributed by atoms with E-state index in [1.165, 1.54) is 44.1 Å². The Morgan fingerprint density at radius 3 is 2.39 bits per heavy atom. The van der Waals surface area contributed by atoms with Crippen LogP contribution in [0, 0.1) is 5.82 Å². The van der Waals surface area contributed by atoms with Crippen molar-refractivity contribution in [1.29, 1.82) is 0 Å². The van der Waals surface area contributed by atoms with Crippen molar-refractivity contribution in [2.24, 2.45) is 0 Å². The largest absolute Gasteiger partial charge is 0.393 e. The number of nitrogens with zero attached hydrogens (tertiary/aromatic N) is 5. The summed E-state index contributed by atoms with van der Waals surface area (Å²) in [6.45, 7) is 10.2. The van der Waals surface area contributed by atoms with Crippen LogP contribution in [0.5, 0.6) is 0 Å². The zero-order valence-corrected chi connectivity index (χ0v) is 27.8. The van der Waals surface area contributed by atoms with Gasteiger partial charge in [-0.2, -0.15) is 0 Å². The molecule has 1 saturated carbocycles. The molecule has 3 aromatic carbocycles. The van der Waals surface area contributed by atoms with Gasteiger partial charge in [-0.3, -0.25) is 4.90 Å². The number of hydrogen-bond acceptors (Lipinski definition) is 7. The molecule has 6 rings (SSSR count). The third kappa shape index (κ3) is 6.93. The number of aromatic nitrogens is 2. The molecule has 2 aliphatic rings. The van der Waals surface area contributed by atoms with Crippen LogP contribution < -0.4 is 20.9 Å². The van der Waals surface area contributed by atoms with Crippen LogP contribution >= 0.6 is 11.6 Å². The zero-order chi connectivity index (χ0) is 32.2. The first kappa shape index (κ1) is 32.1. The van der Waals surface area contributed by atoms with Crippen LogP contribution in [0.25, 0.3) is 11.1 Å². The minimum atomic E-state index is -0.240. The molecule has 46 heavy (non-hydrogen) atoms. The maximum Gasteiger partial charge on any atom is 0.158 e. The van der Waals surface area contributed by atoms with Crippen molar-refractivity contribution in [1.82, 2.24) is 14.9 Å². The molecule has 0 unspecified atom stereocenters. The van der Waals surface area contributed by atoms with Gasteiger partial charge in [0, 0.05) is 49.0 Å². The number of hydrogen-bond donors (Lipinski definition) is 2. The van der Waals surface area contributed by atoms with Crippen LogP contribution in [0.2, 0.25) is 5.15 Å². The van der Waals surface area contributed by atoms with E-state index in [0.29, 0.717) is 36.1 Å². The van der Waals surface area contributed by atoms with E-state index in [9.17, 15) is 0 Å². The molecule has 2 fully saturated rings. The van der Waals surface area contributed by atoms with Crippen molar-refractivity contribution in [3.8, 4) is 11.1 Å². The predicted molar refractivity (Wildman–Crippen MR) is 190 cm³/mol. The zero-order valence-electron chi connectivity index (χ0n) is 27.1. The fraction of sp³-hybridized carbons (Fsp3) is 0.405. The van der Waals surface area contributed by atoms with E-state index < -0.39 is 0 Å². The average molecular weight is 642 g/mol. The number of halogens is 2. The Morgan fingerprint density at radius 1 is 0.957 bits per heavy atom. The van der Waals surface area contributed by atoms with Crippen LogP contribution in [-0.2, 0) is 6.54 Å². The summed E-state index contributed by atoms with van der Waals surface area (Å²) in [5.41, 5.74) is 11.8. The minimum absolute atomic E-state index is 0.188. The molecule has 9 heteroatoms. The van der Waals surface area contributed by atoms with Gasteiger partial charge in [0.1, 0.15) is 17.8 Å². The van der Waals surface area contributed by atoms with E-state index in [-0.39, 0.29) is 16.7 Å². The van der Waals surface area contributed by atoms with Gasteiger partial charge in [0.05, 0.1) is 11.4 Å². The van der Waals surface area contributed by atoms with Crippen LogP contribution in [0.1, 0.15) is 58.4 Å². The molecule has 2 atom stereocenters. The highest BCUT2D eigenvalue weighted by Crippen LogP contribution is 2.38. The number of para-hydroxylation sites is 1. The first-order valence-corrected chi connectivity index (χ1v) is 17.0. The molecule has 242 valence electrons. The standard InChI is InChI=1S/C37H45ClFN7/c1-4-45-25(2)21-44(22-26(45)3)34-18-16-28(20-33(34)43-37-35(40)36(38)41-24-42-37)31-17-15-27(19-32(31)39)23-46(29-11-7-5-8-12-29)30-13-9-6-10-14-30/h5,7-8,11-12,15-20,24-26,30H,4,6,9-10,13-14,21-23,40H2,1-3H3,(H,41,42,43)/t25-,26-/m0/s1. The molecule has 1 aromatic heterocycles. The summed E-state index contributed by atoms with van der Waals surface area (Å²) < 4.78 is 16.0. The smallest absolute Gasteiger partial charge is 0.158 e. The Bertz CT molecular complexity index is 1620. The third-order valence-electron chi connectivity index (χ3n) is 9.69. The number of piperazine rings is 1. The summed E-state index contributed by atoms with van der Waals surface area (Å²) in [4.78, 5) is 15.7. The van der Waals surface area contributed by atoms with Crippen molar-refractivity contribution in [3.63, 3.8) is 0 Å². The van der Waals surface area contributed by atoms with E-state index in [2.05, 4.69) is 87.2 Å². The molecule has 1 aliphatic carbocycles. The molecule has 0 amide bonds. The van der Waals surface area contributed by atoms with Crippen molar-refractivity contribution in [3.05, 3.63) is 89.6 Å². The molecule has 4 aromatic rings. The maximum atomic E-state index is 16.0. The summed E-state index contributed by atoms with van der Waals surface area (Å²) in [5, 5.41) is 3.60. The lowest BCUT2D eigenvalue weighted by molar-refractivity contribution is 0.140. The highest BCUT2D eigenvalue weighted by molar-refractivity contribution is 6.32. The number of benzene rings is 3. The summed E-state index contributed by atoms with van der Waals surface area (Å²) in [7, 11) is 0. The van der Waals surface area contributed by atoms with Crippen molar-refractivity contribution < 1.29 is 4.39 Å². The number of nitrogen functional groups attached to an aromatic ring is 1. The summed E-state index contributed by atoms with van der Waals surface area (Å²) in [5.74, 6) is 0.183. The first-order valence-electron chi connectivity index (χ1n) is 16.6. The molecule has 0 spiro atoms. The summed E-state index contributed by atoms with van der Waals surface area (Å²) in [6, 6.07) is 23.5. The molecule has 1 aliphatic heterocycles. The minimum Gasteiger partial charge on any atom is -0.393 e. The highest BCUT2D eigenvalue weighted by atomic mass is 35.5. The normalized spacial score (nSPS) is 19.3. The Kier molecular flexibility index (Phi) is 9.95. The molecule has 0 radical (unpaired) electrons. The lowest BCUT2D eigenvalue weighted by atomic mass is 9.93. The van der Waals surface area contributed by atoms with E-state index >= 15 is 4.39 Å². The van der Waals surface area contributed by atoms with E-state index in [4.69, 9.17) is 17.3 Å². The fourth-order valence-corrected chi connectivity index (χ4v) is 7.52. The lowest BCUT2D eigenvalue weighted by Crippen LogP contribution is -2.56. The maximum absolute atomic E-state index is 16.0. The predicted octanol–water partition coefficient (Wildman–Crippen LogP) is 8.52. The molecule has 2 heterocycles. The van der Waals surface area contributed by atoms with Crippen molar-refractivity contribution in [2.75, 3.05) is 40.5 Å². The van der Waals surface area contributed by atoms with Crippen molar-refractivity contribution >= 4 is 40.2 Å². The quantitative estimate of drug-likeness (QED) is 0.178. The SMILES string of the molecule is CCN1[C@@H](C)CN(c2ccc(-c3ccc(CN(c4ccccc4)C4CCCCC4)cc3F)cc2Nc2ncnc(Cl)c2N)C[C@@H]1C. The molecule has 3 N–H and O–H groups in total. The van der Waals surface area contributed by atoms with Gasteiger partial charge in [-0.05, 0) is 74.7 Å². The van der Waals surface area contributed by atoms with Gasteiger partial charge in [0.15, 0.2) is 11.0 Å². The van der Waals surface area contributed by atoms with Gasteiger partial charge in [-0.1, -0.05) is 74.2 Å². The topological polar surface area (TPSA) is 73.5 Å². The molecular weight excluding hydrogens is 597 g/mol. The second kappa shape index (κ2) is 14.3. The molecule has 7 nitrogen and oxygen atoms in total. The number of anilines is 5. The number of nitrogens with one attached hydrogen (secondary N) is 1. The van der Waals surface area contributed by atoms with Crippen LogP contribution in [0.4, 0.5) is 33.0 Å². The van der Waals surface area contributed by atoms with E-state index in [1.54, 1.807) is 6.07 Å². The molecular formula is C37H45ClFN7. The highest BCUT2D eigenvalue weighted by Gasteiger charge is 2.30. The first-order chi connectivity index (χ1) is 22.3. The average Bonchev–Trinajstić information content (AvgIpc) is 3.06. The van der Waals surface area contributed by atoms with Gasteiger partial charge in [-0.25, -0.2) is 14.4 Å². The second-order valence-electron chi connectivity index (χ2n) is 12.8. The monoisotopic (exact) mass is 641 g/mol. The third-order valence-corrected chi connectivity index (χ3v) is 9.99. The Balaban J connectivity index is 1.32. The Labute approximate surface area is 277 Å². The number of nitrogens with two attached hydrogens (primary N) is 1. The Hall–Kier alpha value is -3.88. The summed E-state index contributed by atoms with van der Waals surface area (Å²) in [6.07, 6.45) is 7.51. The van der Waals surface area contributed by atoms with Gasteiger partial charge < -0.3 is 20.9 Å². The lowest BCUT2D eigenvalue weighted by Gasteiger charge is -2.45. The van der Waals surface area contributed by atoms with Crippen LogP contribution in [0.3, 0.4) is 0 Å². The van der Waals surface area contributed by atoms with Gasteiger partial charge in [0.25, 0.3) is 0 Å². The van der Waals surface area contributed by atoms with Gasteiger partial charge in [0.2, 0.25) is 0 Å². The van der Waals surface area contributed by atoms with Gasteiger partial charge >= 0.3 is 0 Å². The number of likely N-dealkylation sites (N-methyl/N-ethyl adjacent to an activating group) is 1. The Morgan fingerprint density at radius 2 is 1.70 bits per heavy atom. The van der Waals surface area contributed by atoms with E-state index in [1.807, 2.05) is 24.3 Å². The van der Waals surface area contributed by atoms with Crippen LogP contribution in [0.15, 0.2) is 73.1 Å². The second-order valence-corrected chi connectivity index (χ2v) is 13.1. The molecule has 0 bridgehead atoms. The fourth-order valence-electron chi connectivity index (χ4n) is 7.39. The summed E-state index contributed by atoms with van der Waals surface area (Å²) >= 11 is 6.24. The van der Waals surface area contributed by atoms with E-state index in [0.717, 1.165) is 42.1 Å². The number of rotatable bonds is 9.